The second-order valence-electron chi connectivity index (χ2n) is 3.98. The summed E-state index contributed by atoms with van der Waals surface area (Å²) in [6.07, 6.45) is 4.79. The minimum atomic E-state index is -1.21. The summed E-state index contributed by atoms with van der Waals surface area (Å²) in [6, 6.07) is 0. The first-order valence-electron chi connectivity index (χ1n) is 4.72. The fourth-order valence-corrected chi connectivity index (χ4v) is 1.82. The Balaban J connectivity index is 2.16. The van der Waals surface area contributed by atoms with Crippen LogP contribution in [-0.2, 0) is 11.3 Å². The molecule has 0 bridgehead atoms. The topological polar surface area (TPSA) is 81.1 Å². The number of rotatable bonds is 4. The van der Waals surface area contributed by atoms with E-state index in [9.17, 15) is 4.79 Å². The highest BCUT2D eigenvalue weighted by Crippen LogP contribution is 2.39. The summed E-state index contributed by atoms with van der Waals surface area (Å²) in [6.45, 7) is 0.166. The van der Waals surface area contributed by atoms with E-state index in [1.165, 1.54) is 10.9 Å². The van der Waals surface area contributed by atoms with Gasteiger partial charge in [-0.25, -0.2) is 0 Å². The van der Waals surface area contributed by atoms with E-state index in [2.05, 4.69) is 5.10 Å². The number of hydrogen-bond donors (Lipinski definition) is 2. The van der Waals surface area contributed by atoms with Crippen LogP contribution in [0.1, 0.15) is 12.8 Å². The van der Waals surface area contributed by atoms with Gasteiger partial charge in [-0.2, -0.15) is 5.10 Å². The largest absolute Gasteiger partial charge is 0.480 e. The average Bonchev–Trinajstić information content (AvgIpc) is 2.92. The predicted molar refractivity (Wildman–Crippen MR) is 54.5 cm³/mol. The maximum atomic E-state index is 11.1. The average molecular weight is 230 g/mol. The molecular formula is C9H12ClN3O2. The van der Waals surface area contributed by atoms with Crippen LogP contribution in [0.5, 0.6) is 0 Å². The summed E-state index contributed by atoms with van der Waals surface area (Å²) in [7, 11) is 0. The number of nitrogens with two attached hydrogens (primary N) is 1. The van der Waals surface area contributed by atoms with E-state index in [4.69, 9.17) is 22.4 Å². The maximum absolute atomic E-state index is 11.1. The number of carboxylic acid groups (broad SMARTS) is 1. The molecule has 1 saturated carbocycles. The van der Waals surface area contributed by atoms with Crippen LogP contribution in [0.2, 0.25) is 5.02 Å². The van der Waals surface area contributed by atoms with E-state index in [-0.39, 0.29) is 12.5 Å². The predicted octanol–water partition coefficient (Wildman–Crippen LogP) is 0.729. The minimum Gasteiger partial charge on any atom is -0.480 e. The highest BCUT2D eigenvalue weighted by molar-refractivity contribution is 6.30. The van der Waals surface area contributed by atoms with Crippen molar-refractivity contribution >= 4 is 17.6 Å². The van der Waals surface area contributed by atoms with Gasteiger partial charge in [0.15, 0.2) is 0 Å². The molecule has 6 heteroatoms. The molecule has 1 aromatic heterocycles. The molecule has 1 aliphatic rings. The Hall–Kier alpha value is -1.07. The zero-order valence-corrected chi connectivity index (χ0v) is 8.81. The second-order valence-corrected chi connectivity index (χ2v) is 4.41. The number of nitrogens with zero attached hydrogens (tertiary/aromatic N) is 2. The first-order chi connectivity index (χ1) is 7.02. The van der Waals surface area contributed by atoms with Crippen molar-refractivity contribution in [1.82, 2.24) is 9.78 Å². The van der Waals surface area contributed by atoms with E-state index >= 15 is 0 Å². The molecule has 0 aromatic carbocycles. The van der Waals surface area contributed by atoms with E-state index in [1.807, 2.05) is 0 Å². The summed E-state index contributed by atoms with van der Waals surface area (Å²) in [5.74, 6) is -0.922. The quantitative estimate of drug-likeness (QED) is 0.798. The third-order valence-corrected chi connectivity index (χ3v) is 2.92. The first-order valence-corrected chi connectivity index (χ1v) is 5.10. The molecule has 5 nitrogen and oxygen atoms in total. The molecule has 1 aromatic rings. The summed E-state index contributed by atoms with van der Waals surface area (Å²) >= 11 is 5.69. The highest BCUT2D eigenvalue weighted by atomic mass is 35.5. The zero-order valence-electron chi connectivity index (χ0n) is 8.06. The van der Waals surface area contributed by atoms with Crippen LogP contribution >= 0.6 is 11.6 Å². The molecule has 82 valence electrons. The van der Waals surface area contributed by atoms with Crippen molar-refractivity contribution in [3.05, 3.63) is 17.4 Å². The number of hydrogen-bond acceptors (Lipinski definition) is 3. The van der Waals surface area contributed by atoms with E-state index < -0.39 is 11.5 Å². The summed E-state index contributed by atoms with van der Waals surface area (Å²) < 4.78 is 1.48. The number of aromatic nitrogens is 2. The summed E-state index contributed by atoms with van der Waals surface area (Å²) in [4.78, 5) is 11.1. The minimum absolute atomic E-state index is 0.0537. The lowest BCUT2D eigenvalue weighted by Gasteiger charge is -2.24. The van der Waals surface area contributed by atoms with Gasteiger partial charge in [-0.05, 0) is 18.8 Å². The third-order valence-electron chi connectivity index (χ3n) is 2.73. The van der Waals surface area contributed by atoms with E-state index in [0.29, 0.717) is 5.02 Å². The van der Waals surface area contributed by atoms with Gasteiger partial charge in [0.05, 0.1) is 17.8 Å². The van der Waals surface area contributed by atoms with Crippen molar-refractivity contribution in [2.45, 2.75) is 24.9 Å². The summed E-state index contributed by atoms with van der Waals surface area (Å²) in [5, 5.41) is 13.5. The molecule has 1 unspecified atom stereocenters. The van der Waals surface area contributed by atoms with Crippen LogP contribution in [-0.4, -0.2) is 26.4 Å². The van der Waals surface area contributed by atoms with Gasteiger partial charge in [0.25, 0.3) is 0 Å². The van der Waals surface area contributed by atoms with Gasteiger partial charge in [-0.3, -0.25) is 9.48 Å². The van der Waals surface area contributed by atoms with Gasteiger partial charge >= 0.3 is 5.97 Å². The monoisotopic (exact) mass is 229 g/mol. The Bertz CT molecular complexity index is 388. The fraction of sp³-hybridized carbons (Fsp3) is 0.556. The molecule has 0 spiro atoms. The number of halogens is 1. The standard InChI is InChI=1S/C9H12ClN3O2/c10-7-3-12-13(4-7)5-9(11,8(14)15)6-1-2-6/h3-4,6H,1-2,5,11H2,(H,14,15). The van der Waals surface area contributed by atoms with Crippen LogP contribution in [0.15, 0.2) is 12.4 Å². The molecule has 1 fully saturated rings. The van der Waals surface area contributed by atoms with Crippen molar-refractivity contribution < 1.29 is 9.90 Å². The molecular weight excluding hydrogens is 218 g/mol. The lowest BCUT2D eigenvalue weighted by atomic mass is 9.95. The molecule has 1 aliphatic carbocycles. The first kappa shape index (κ1) is 10.4. The molecule has 0 amide bonds. The van der Waals surface area contributed by atoms with Gasteiger partial charge in [-0.1, -0.05) is 11.6 Å². The molecule has 0 radical (unpaired) electrons. The Kier molecular flexibility index (Phi) is 2.44. The molecule has 0 aliphatic heterocycles. The highest BCUT2D eigenvalue weighted by Gasteiger charge is 2.48. The Morgan fingerprint density at radius 1 is 1.80 bits per heavy atom. The number of carbonyl (C=O) groups is 1. The normalized spacial score (nSPS) is 19.9. The molecule has 2 rings (SSSR count). The maximum Gasteiger partial charge on any atom is 0.325 e. The Labute approximate surface area is 91.8 Å². The van der Waals surface area contributed by atoms with Crippen molar-refractivity contribution in [3.63, 3.8) is 0 Å². The van der Waals surface area contributed by atoms with Crippen LogP contribution in [0.3, 0.4) is 0 Å². The van der Waals surface area contributed by atoms with Crippen LogP contribution in [0.4, 0.5) is 0 Å². The van der Waals surface area contributed by atoms with E-state index in [0.717, 1.165) is 12.8 Å². The Morgan fingerprint density at radius 3 is 2.87 bits per heavy atom. The van der Waals surface area contributed by atoms with Gasteiger partial charge < -0.3 is 10.8 Å². The van der Waals surface area contributed by atoms with Gasteiger partial charge in [0.1, 0.15) is 5.54 Å². The zero-order chi connectivity index (χ0) is 11.1. The van der Waals surface area contributed by atoms with Crippen LogP contribution < -0.4 is 5.73 Å². The third kappa shape index (κ3) is 1.98. The van der Waals surface area contributed by atoms with Crippen molar-refractivity contribution in [2.24, 2.45) is 11.7 Å². The Morgan fingerprint density at radius 2 is 2.47 bits per heavy atom. The van der Waals surface area contributed by atoms with Crippen LogP contribution in [0, 0.1) is 5.92 Å². The smallest absolute Gasteiger partial charge is 0.325 e. The molecule has 3 N–H and O–H groups in total. The van der Waals surface area contributed by atoms with Crippen LogP contribution in [0.25, 0.3) is 0 Å². The molecule has 15 heavy (non-hydrogen) atoms. The number of carboxylic acids is 1. The van der Waals surface area contributed by atoms with Gasteiger partial charge in [0, 0.05) is 6.20 Å². The lowest BCUT2D eigenvalue weighted by Crippen LogP contribution is -2.53. The van der Waals surface area contributed by atoms with E-state index in [1.54, 1.807) is 6.20 Å². The lowest BCUT2D eigenvalue weighted by molar-refractivity contribution is -0.145. The number of aliphatic carboxylic acids is 1. The SMILES string of the molecule is NC(Cn1cc(Cl)cn1)(C(=O)O)C1CC1. The second kappa shape index (κ2) is 3.50. The van der Waals surface area contributed by atoms with Crippen molar-refractivity contribution in [3.8, 4) is 0 Å². The van der Waals surface area contributed by atoms with Crippen molar-refractivity contribution in [1.29, 1.82) is 0 Å². The molecule has 1 atom stereocenters. The summed E-state index contributed by atoms with van der Waals surface area (Å²) in [5.41, 5.74) is 4.67. The van der Waals surface area contributed by atoms with Gasteiger partial charge in [-0.15, -0.1) is 0 Å². The molecule has 1 heterocycles. The fourth-order valence-electron chi connectivity index (χ4n) is 1.66. The molecule has 0 saturated heterocycles. The van der Waals surface area contributed by atoms with Gasteiger partial charge in [0.2, 0.25) is 0 Å². The van der Waals surface area contributed by atoms with Crippen molar-refractivity contribution in [2.75, 3.05) is 0 Å².